The first-order valence-corrected chi connectivity index (χ1v) is 7.59. The molecule has 4 nitrogen and oxygen atoms in total. The number of carbonyl (C=O) groups is 1. The van der Waals surface area contributed by atoms with Crippen LogP contribution in [0.2, 0.25) is 0 Å². The Kier molecular flexibility index (Phi) is 5.87. The van der Waals surface area contributed by atoms with E-state index in [1.54, 1.807) is 18.2 Å². The molecular weight excluding hydrogens is 334 g/mol. The molecule has 0 N–H and O–H groups in total. The molecule has 0 aliphatic rings. The van der Waals surface area contributed by atoms with Gasteiger partial charge in [-0.25, -0.2) is 0 Å². The zero-order chi connectivity index (χ0) is 15.1. The Morgan fingerprint density at radius 2 is 2.19 bits per heavy atom. The van der Waals surface area contributed by atoms with Crippen LogP contribution >= 0.6 is 15.9 Å². The van der Waals surface area contributed by atoms with Crippen LogP contribution in [0.5, 0.6) is 5.75 Å². The fourth-order valence-corrected chi connectivity index (χ4v) is 2.26. The maximum atomic E-state index is 12.0. The lowest BCUT2D eigenvalue weighted by molar-refractivity contribution is -0.130. The standard InChI is InChI=1S/C16H18BrNO3/c1-18(12-15-7-3-9-21-15)16(19)8-4-10-20-14-6-2-5-13(17)11-14/h2-3,5-7,9,11H,4,8,10,12H2,1H3. The molecule has 1 aromatic heterocycles. The lowest BCUT2D eigenvalue weighted by Crippen LogP contribution is -2.26. The van der Waals surface area contributed by atoms with Gasteiger partial charge in [0.05, 0.1) is 19.4 Å². The van der Waals surface area contributed by atoms with Gasteiger partial charge in [-0.05, 0) is 36.8 Å². The Morgan fingerprint density at radius 1 is 1.33 bits per heavy atom. The third kappa shape index (κ3) is 5.27. The summed E-state index contributed by atoms with van der Waals surface area (Å²) in [6, 6.07) is 11.3. The zero-order valence-electron chi connectivity index (χ0n) is 11.9. The van der Waals surface area contributed by atoms with Crippen molar-refractivity contribution < 1.29 is 13.9 Å². The monoisotopic (exact) mass is 351 g/mol. The molecule has 0 saturated heterocycles. The van der Waals surface area contributed by atoms with E-state index in [1.165, 1.54) is 0 Å². The summed E-state index contributed by atoms with van der Waals surface area (Å²) in [5.74, 6) is 1.68. The van der Waals surface area contributed by atoms with Crippen molar-refractivity contribution in [3.63, 3.8) is 0 Å². The first-order valence-electron chi connectivity index (χ1n) is 6.80. The quantitative estimate of drug-likeness (QED) is 0.711. The molecule has 5 heteroatoms. The smallest absolute Gasteiger partial charge is 0.222 e. The van der Waals surface area contributed by atoms with Crippen molar-refractivity contribution >= 4 is 21.8 Å². The van der Waals surface area contributed by atoms with E-state index in [9.17, 15) is 4.79 Å². The number of amides is 1. The molecule has 112 valence electrons. The number of nitrogens with zero attached hydrogens (tertiary/aromatic N) is 1. The molecule has 0 aliphatic heterocycles. The molecule has 0 fully saturated rings. The normalized spacial score (nSPS) is 10.4. The van der Waals surface area contributed by atoms with E-state index in [4.69, 9.17) is 9.15 Å². The number of hydrogen-bond acceptors (Lipinski definition) is 3. The molecular formula is C16H18BrNO3. The molecule has 0 bridgehead atoms. The Balaban J connectivity index is 1.67. The van der Waals surface area contributed by atoms with Crippen LogP contribution in [-0.4, -0.2) is 24.5 Å². The van der Waals surface area contributed by atoms with Crippen molar-refractivity contribution in [1.29, 1.82) is 0 Å². The second kappa shape index (κ2) is 7.88. The van der Waals surface area contributed by atoms with E-state index in [2.05, 4.69) is 15.9 Å². The van der Waals surface area contributed by atoms with Crippen molar-refractivity contribution in [2.45, 2.75) is 19.4 Å². The highest BCUT2D eigenvalue weighted by Gasteiger charge is 2.10. The Hall–Kier alpha value is -1.75. The van der Waals surface area contributed by atoms with Gasteiger partial charge in [0.1, 0.15) is 11.5 Å². The van der Waals surface area contributed by atoms with Gasteiger partial charge in [0.2, 0.25) is 5.91 Å². The third-order valence-electron chi connectivity index (χ3n) is 3.00. The topological polar surface area (TPSA) is 42.7 Å². The average Bonchev–Trinajstić information content (AvgIpc) is 2.96. The summed E-state index contributed by atoms with van der Waals surface area (Å²) in [5, 5.41) is 0. The predicted octanol–water partition coefficient (Wildman–Crippen LogP) is 3.86. The molecule has 0 radical (unpaired) electrons. The number of hydrogen-bond donors (Lipinski definition) is 0. The van der Waals surface area contributed by atoms with Crippen LogP contribution < -0.4 is 4.74 Å². The van der Waals surface area contributed by atoms with Crippen LogP contribution in [0.25, 0.3) is 0 Å². The summed E-state index contributed by atoms with van der Waals surface area (Å²) in [4.78, 5) is 13.6. The first kappa shape index (κ1) is 15.6. The summed E-state index contributed by atoms with van der Waals surface area (Å²) in [6.07, 6.45) is 2.76. The lowest BCUT2D eigenvalue weighted by Gasteiger charge is -2.15. The van der Waals surface area contributed by atoms with Crippen molar-refractivity contribution in [2.75, 3.05) is 13.7 Å². The highest BCUT2D eigenvalue weighted by molar-refractivity contribution is 9.10. The minimum Gasteiger partial charge on any atom is -0.494 e. The van der Waals surface area contributed by atoms with Gasteiger partial charge in [-0.3, -0.25) is 4.79 Å². The number of halogens is 1. The zero-order valence-corrected chi connectivity index (χ0v) is 13.5. The number of rotatable bonds is 7. The molecule has 0 atom stereocenters. The van der Waals surface area contributed by atoms with Crippen LogP contribution in [0.4, 0.5) is 0 Å². The van der Waals surface area contributed by atoms with Crippen LogP contribution in [0.3, 0.4) is 0 Å². The second-order valence-electron chi connectivity index (χ2n) is 4.74. The van der Waals surface area contributed by atoms with Gasteiger partial charge < -0.3 is 14.1 Å². The minimum absolute atomic E-state index is 0.0873. The molecule has 21 heavy (non-hydrogen) atoms. The fraction of sp³-hybridized carbons (Fsp3) is 0.312. The van der Waals surface area contributed by atoms with E-state index in [0.29, 0.717) is 26.0 Å². The maximum absolute atomic E-state index is 12.0. The van der Waals surface area contributed by atoms with Crippen LogP contribution in [0, 0.1) is 0 Å². The van der Waals surface area contributed by atoms with Crippen molar-refractivity contribution in [2.24, 2.45) is 0 Å². The minimum atomic E-state index is 0.0873. The highest BCUT2D eigenvalue weighted by atomic mass is 79.9. The van der Waals surface area contributed by atoms with Crippen LogP contribution in [-0.2, 0) is 11.3 Å². The average molecular weight is 352 g/mol. The SMILES string of the molecule is CN(Cc1ccco1)C(=O)CCCOc1cccc(Br)c1. The van der Waals surface area contributed by atoms with E-state index >= 15 is 0 Å². The van der Waals surface area contributed by atoms with E-state index in [0.717, 1.165) is 16.0 Å². The number of furan rings is 1. The largest absolute Gasteiger partial charge is 0.494 e. The molecule has 0 unspecified atom stereocenters. The predicted molar refractivity (Wildman–Crippen MR) is 84.1 cm³/mol. The molecule has 1 heterocycles. The Labute approximate surface area is 132 Å². The van der Waals surface area contributed by atoms with Gasteiger partial charge in [0, 0.05) is 17.9 Å². The summed E-state index contributed by atoms with van der Waals surface area (Å²) in [5.41, 5.74) is 0. The molecule has 0 saturated carbocycles. The van der Waals surface area contributed by atoms with E-state index in [-0.39, 0.29) is 5.91 Å². The van der Waals surface area contributed by atoms with Gasteiger partial charge in [0.25, 0.3) is 0 Å². The van der Waals surface area contributed by atoms with E-state index < -0.39 is 0 Å². The van der Waals surface area contributed by atoms with Gasteiger partial charge in [-0.1, -0.05) is 22.0 Å². The maximum Gasteiger partial charge on any atom is 0.222 e. The van der Waals surface area contributed by atoms with Gasteiger partial charge >= 0.3 is 0 Å². The molecule has 0 aliphatic carbocycles. The fourth-order valence-electron chi connectivity index (χ4n) is 1.89. The van der Waals surface area contributed by atoms with Gasteiger partial charge in [-0.15, -0.1) is 0 Å². The third-order valence-corrected chi connectivity index (χ3v) is 3.49. The van der Waals surface area contributed by atoms with Crippen LogP contribution in [0.15, 0.2) is 51.6 Å². The number of carbonyl (C=O) groups excluding carboxylic acids is 1. The molecule has 1 amide bonds. The van der Waals surface area contributed by atoms with E-state index in [1.807, 2.05) is 36.4 Å². The molecule has 2 rings (SSSR count). The van der Waals surface area contributed by atoms with Crippen molar-refractivity contribution in [1.82, 2.24) is 4.90 Å². The van der Waals surface area contributed by atoms with Crippen molar-refractivity contribution in [3.05, 3.63) is 52.9 Å². The van der Waals surface area contributed by atoms with Gasteiger partial charge in [-0.2, -0.15) is 0 Å². The summed E-state index contributed by atoms with van der Waals surface area (Å²) < 4.78 is 11.8. The lowest BCUT2D eigenvalue weighted by atomic mass is 10.3. The summed E-state index contributed by atoms with van der Waals surface area (Å²) >= 11 is 3.39. The molecule has 0 spiro atoms. The summed E-state index contributed by atoms with van der Waals surface area (Å²) in [6.45, 7) is 1.02. The Morgan fingerprint density at radius 3 is 2.90 bits per heavy atom. The van der Waals surface area contributed by atoms with Crippen molar-refractivity contribution in [3.8, 4) is 5.75 Å². The number of benzene rings is 1. The Bertz CT molecular complexity index is 569. The molecule has 1 aromatic carbocycles. The summed E-state index contributed by atoms with van der Waals surface area (Å²) in [7, 11) is 1.78. The first-order chi connectivity index (χ1) is 10.1. The van der Waals surface area contributed by atoms with Gasteiger partial charge in [0.15, 0.2) is 0 Å². The highest BCUT2D eigenvalue weighted by Crippen LogP contribution is 2.18. The second-order valence-corrected chi connectivity index (χ2v) is 5.65. The number of ether oxygens (including phenoxy) is 1. The molecule has 2 aromatic rings. The van der Waals surface area contributed by atoms with Crippen LogP contribution in [0.1, 0.15) is 18.6 Å².